The maximum atomic E-state index is 5.34. The van der Waals surface area contributed by atoms with Gasteiger partial charge in [-0.25, -0.2) is 4.98 Å². The summed E-state index contributed by atoms with van der Waals surface area (Å²) in [6, 6.07) is 4.06. The number of nitrogens with one attached hydrogen (secondary N) is 2. The molecule has 0 aliphatic carbocycles. The van der Waals surface area contributed by atoms with E-state index in [4.69, 9.17) is 4.74 Å². The van der Waals surface area contributed by atoms with E-state index in [2.05, 4.69) is 33.5 Å². The predicted octanol–water partition coefficient (Wildman–Crippen LogP) is 1.65. The summed E-state index contributed by atoms with van der Waals surface area (Å²) >= 11 is 0. The van der Waals surface area contributed by atoms with Crippen molar-refractivity contribution in [2.24, 2.45) is 0 Å². The quantitative estimate of drug-likeness (QED) is 0.733. The van der Waals surface area contributed by atoms with Gasteiger partial charge in [0, 0.05) is 44.1 Å². The SMILES string of the molecule is CCNc1cc(NCCCN2CCOCC2)ccn1. The fraction of sp³-hybridized carbons (Fsp3) is 0.643. The number of aromatic nitrogens is 1. The fourth-order valence-corrected chi connectivity index (χ4v) is 2.18. The van der Waals surface area contributed by atoms with Crippen LogP contribution in [0.3, 0.4) is 0 Å². The van der Waals surface area contributed by atoms with Crippen molar-refractivity contribution < 1.29 is 4.74 Å². The number of morpholine rings is 1. The molecule has 1 fully saturated rings. The molecule has 106 valence electrons. The maximum Gasteiger partial charge on any atom is 0.127 e. The van der Waals surface area contributed by atoms with E-state index in [1.165, 1.54) is 0 Å². The van der Waals surface area contributed by atoms with Crippen molar-refractivity contribution in [3.63, 3.8) is 0 Å². The van der Waals surface area contributed by atoms with Gasteiger partial charge in [0.25, 0.3) is 0 Å². The van der Waals surface area contributed by atoms with E-state index in [0.29, 0.717) is 0 Å². The molecule has 0 amide bonds. The third-order valence-corrected chi connectivity index (χ3v) is 3.20. The number of ether oxygens (including phenoxy) is 1. The zero-order valence-corrected chi connectivity index (χ0v) is 11.7. The van der Waals surface area contributed by atoms with Crippen molar-refractivity contribution in [3.8, 4) is 0 Å². The highest BCUT2D eigenvalue weighted by molar-refractivity contribution is 5.51. The first-order valence-electron chi connectivity index (χ1n) is 7.12. The van der Waals surface area contributed by atoms with Crippen LogP contribution < -0.4 is 10.6 Å². The first kappa shape index (κ1) is 14.1. The summed E-state index contributed by atoms with van der Waals surface area (Å²) in [6.07, 6.45) is 2.99. The smallest absolute Gasteiger partial charge is 0.127 e. The molecule has 1 aromatic rings. The maximum absolute atomic E-state index is 5.34. The Bertz CT molecular complexity index is 366. The van der Waals surface area contributed by atoms with Crippen LogP contribution in [0, 0.1) is 0 Å². The number of rotatable bonds is 7. The largest absolute Gasteiger partial charge is 0.385 e. The van der Waals surface area contributed by atoms with Crippen LogP contribution in [0.5, 0.6) is 0 Å². The second kappa shape index (κ2) is 7.96. The minimum absolute atomic E-state index is 0.879. The second-order valence-corrected chi connectivity index (χ2v) is 4.69. The Hall–Kier alpha value is -1.33. The molecule has 19 heavy (non-hydrogen) atoms. The summed E-state index contributed by atoms with van der Waals surface area (Å²) in [7, 11) is 0. The van der Waals surface area contributed by atoms with Crippen molar-refractivity contribution in [2.75, 3.05) is 56.6 Å². The third kappa shape index (κ3) is 5.04. The van der Waals surface area contributed by atoms with Gasteiger partial charge >= 0.3 is 0 Å². The van der Waals surface area contributed by atoms with Gasteiger partial charge in [0.15, 0.2) is 0 Å². The van der Waals surface area contributed by atoms with Crippen LogP contribution >= 0.6 is 0 Å². The highest BCUT2D eigenvalue weighted by Gasteiger charge is 2.08. The molecule has 2 N–H and O–H groups in total. The lowest BCUT2D eigenvalue weighted by Gasteiger charge is -2.26. The van der Waals surface area contributed by atoms with Crippen molar-refractivity contribution >= 4 is 11.5 Å². The highest BCUT2D eigenvalue weighted by atomic mass is 16.5. The Labute approximate surface area is 115 Å². The molecule has 5 heteroatoms. The summed E-state index contributed by atoms with van der Waals surface area (Å²) in [4.78, 5) is 6.72. The molecule has 0 bridgehead atoms. The predicted molar refractivity (Wildman–Crippen MR) is 78.8 cm³/mol. The molecule has 0 unspecified atom stereocenters. The summed E-state index contributed by atoms with van der Waals surface area (Å²) < 4.78 is 5.34. The standard InChI is InChI=1S/C14H24N4O/c1-2-15-14-12-13(4-6-17-14)16-5-3-7-18-8-10-19-11-9-18/h4,6,12H,2-3,5,7-11H2,1H3,(H2,15,16,17). The number of hydrogen-bond acceptors (Lipinski definition) is 5. The lowest BCUT2D eigenvalue weighted by molar-refractivity contribution is 0.0378. The Morgan fingerprint density at radius 2 is 2.16 bits per heavy atom. The van der Waals surface area contributed by atoms with Gasteiger partial charge in [0.2, 0.25) is 0 Å². The Morgan fingerprint density at radius 1 is 1.32 bits per heavy atom. The second-order valence-electron chi connectivity index (χ2n) is 4.69. The monoisotopic (exact) mass is 264 g/mol. The summed E-state index contributed by atoms with van der Waals surface area (Å²) in [6.45, 7) is 9.00. The lowest BCUT2D eigenvalue weighted by atomic mass is 10.3. The number of anilines is 2. The molecule has 0 atom stereocenters. The minimum atomic E-state index is 0.879. The molecule has 1 aliphatic rings. The van der Waals surface area contributed by atoms with Crippen LogP contribution in [-0.4, -0.2) is 55.8 Å². The molecule has 0 saturated carbocycles. The Morgan fingerprint density at radius 3 is 2.95 bits per heavy atom. The third-order valence-electron chi connectivity index (χ3n) is 3.20. The van der Waals surface area contributed by atoms with Gasteiger partial charge in [0.05, 0.1) is 13.2 Å². The van der Waals surface area contributed by atoms with Gasteiger partial charge in [-0.2, -0.15) is 0 Å². The molecule has 1 saturated heterocycles. The van der Waals surface area contributed by atoms with Crippen LogP contribution in [0.2, 0.25) is 0 Å². The molecule has 0 spiro atoms. The highest BCUT2D eigenvalue weighted by Crippen LogP contribution is 2.11. The van der Waals surface area contributed by atoms with Crippen molar-refractivity contribution in [1.29, 1.82) is 0 Å². The fourth-order valence-electron chi connectivity index (χ4n) is 2.18. The van der Waals surface area contributed by atoms with Gasteiger partial charge in [-0.3, -0.25) is 4.90 Å². The topological polar surface area (TPSA) is 49.4 Å². The zero-order valence-electron chi connectivity index (χ0n) is 11.7. The molecule has 0 aromatic carbocycles. The molecule has 1 aliphatic heterocycles. The van der Waals surface area contributed by atoms with Gasteiger partial charge in [-0.15, -0.1) is 0 Å². The minimum Gasteiger partial charge on any atom is -0.385 e. The van der Waals surface area contributed by atoms with Crippen LogP contribution in [-0.2, 0) is 4.74 Å². The van der Waals surface area contributed by atoms with E-state index in [1.54, 1.807) is 0 Å². The summed E-state index contributed by atoms with van der Waals surface area (Å²) in [5.74, 6) is 0.931. The van der Waals surface area contributed by atoms with Crippen molar-refractivity contribution in [3.05, 3.63) is 18.3 Å². The first-order valence-corrected chi connectivity index (χ1v) is 7.12. The number of hydrogen-bond donors (Lipinski definition) is 2. The van der Waals surface area contributed by atoms with Crippen molar-refractivity contribution in [1.82, 2.24) is 9.88 Å². The zero-order chi connectivity index (χ0) is 13.3. The average molecular weight is 264 g/mol. The molecule has 0 radical (unpaired) electrons. The summed E-state index contributed by atoms with van der Waals surface area (Å²) in [5, 5.41) is 6.66. The van der Waals surface area contributed by atoms with E-state index in [0.717, 1.165) is 63.9 Å². The molecule has 1 aromatic heterocycles. The molecule has 5 nitrogen and oxygen atoms in total. The van der Waals surface area contributed by atoms with E-state index in [1.807, 2.05) is 12.3 Å². The lowest BCUT2D eigenvalue weighted by Crippen LogP contribution is -2.37. The van der Waals surface area contributed by atoms with Crippen LogP contribution in [0.15, 0.2) is 18.3 Å². The number of pyridine rings is 1. The van der Waals surface area contributed by atoms with Gasteiger partial charge in [-0.1, -0.05) is 0 Å². The van der Waals surface area contributed by atoms with Crippen LogP contribution in [0.25, 0.3) is 0 Å². The molecule has 2 rings (SSSR count). The molecule has 2 heterocycles. The normalized spacial score (nSPS) is 16.3. The molecular formula is C14H24N4O. The van der Waals surface area contributed by atoms with E-state index < -0.39 is 0 Å². The Balaban J connectivity index is 1.65. The van der Waals surface area contributed by atoms with E-state index in [9.17, 15) is 0 Å². The van der Waals surface area contributed by atoms with E-state index in [-0.39, 0.29) is 0 Å². The van der Waals surface area contributed by atoms with Gasteiger partial charge in [0.1, 0.15) is 5.82 Å². The van der Waals surface area contributed by atoms with E-state index >= 15 is 0 Å². The average Bonchev–Trinajstić information content (AvgIpc) is 2.46. The molecular weight excluding hydrogens is 240 g/mol. The number of nitrogens with zero attached hydrogens (tertiary/aromatic N) is 2. The Kier molecular flexibility index (Phi) is 5.91. The summed E-state index contributed by atoms with van der Waals surface area (Å²) in [5.41, 5.74) is 1.13. The van der Waals surface area contributed by atoms with Crippen molar-refractivity contribution in [2.45, 2.75) is 13.3 Å². The van der Waals surface area contributed by atoms with Gasteiger partial charge < -0.3 is 15.4 Å². The van der Waals surface area contributed by atoms with Crippen LogP contribution in [0.4, 0.5) is 11.5 Å². The van der Waals surface area contributed by atoms with Crippen LogP contribution in [0.1, 0.15) is 13.3 Å². The first-order chi connectivity index (χ1) is 9.38. The van der Waals surface area contributed by atoms with Gasteiger partial charge in [-0.05, 0) is 26.0 Å².